The number of amides is 1. The molecule has 0 bridgehead atoms. The van der Waals surface area contributed by atoms with Crippen molar-refractivity contribution >= 4 is 5.91 Å². The molecule has 0 aliphatic carbocycles. The topological polar surface area (TPSA) is 115 Å². The molecule has 10 nitrogen and oxygen atoms in total. The van der Waals surface area contributed by atoms with Gasteiger partial charge in [-0.05, 0) is 25.2 Å². The Bertz CT molecular complexity index is 1120. The largest absolute Gasteiger partial charge is 0.480 e. The van der Waals surface area contributed by atoms with E-state index in [-0.39, 0.29) is 17.3 Å². The highest BCUT2D eigenvalue weighted by atomic mass is 16.5. The van der Waals surface area contributed by atoms with Gasteiger partial charge in [0.05, 0.1) is 18.5 Å². The lowest BCUT2D eigenvalue weighted by Gasteiger charge is -2.22. The molecule has 4 rings (SSSR count). The third kappa shape index (κ3) is 3.90. The lowest BCUT2D eigenvalue weighted by molar-refractivity contribution is 0.0923. The van der Waals surface area contributed by atoms with E-state index in [1.165, 1.54) is 19.5 Å². The third-order valence-electron chi connectivity index (χ3n) is 4.91. The van der Waals surface area contributed by atoms with Gasteiger partial charge in [0.15, 0.2) is 0 Å². The van der Waals surface area contributed by atoms with Gasteiger partial charge in [-0.15, -0.1) is 0 Å². The fourth-order valence-corrected chi connectivity index (χ4v) is 3.42. The number of rotatable bonds is 4. The average Bonchev–Trinajstić information content (AvgIpc) is 2.93. The Kier molecular flexibility index (Phi) is 5.48. The lowest BCUT2D eigenvalue weighted by Crippen LogP contribution is -2.37. The minimum atomic E-state index is -0.510. The number of hydrogen-bond acceptors (Lipinski definition) is 8. The van der Waals surface area contributed by atoms with Crippen molar-refractivity contribution in [1.29, 1.82) is 0 Å². The molecule has 1 aliphatic heterocycles. The second-order valence-electron chi connectivity index (χ2n) is 6.93. The fraction of sp³-hybridized carbons (Fsp3) is 0.300. The normalized spacial score (nSPS) is 16.4. The fourth-order valence-electron chi connectivity index (χ4n) is 3.42. The van der Waals surface area contributed by atoms with Gasteiger partial charge in [0.1, 0.15) is 23.8 Å². The number of ether oxygens (including phenoxy) is 1. The van der Waals surface area contributed by atoms with Gasteiger partial charge in [0.25, 0.3) is 11.5 Å². The molecule has 0 spiro atoms. The van der Waals surface area contributed by atoms with Crippen LogP contribution in [0.4, 0.5) is 0 Å². The minimum absolute atomic E-state index is 0.192. The number of methoxy groups -OCH3 is 1. The predicted molar refractivity (Wildman–Crippen MR) is 108 cm³/mol. The van der Waals surface area contributed by atoms with E-state index in [1.807, 2.05) is 11.9 Å². The SMILES string of the molecule is COc1ncccc1C(=O)NC1CN(C)CCn2c1nc(-c1ccncn1)cc2=O. The van der Waals surface area contributed by atoms with E-state index >= 15 is 0 Å². The molecule has 1 unspecified atom stereocenters. The summed E-state index contributed by atoms with van der Waals surface area (Å²) < 4.78 is 6.80. The molecule has 30 heavy (non-hydrogen) atoms. The highest BCUT2D eigenvalue weighted by Crippen LogP contribution is 2.21. The summed E-state index contributed by atoms with van der Waals surface area (Å²) in [6.07, 6.45) is 4.55. The van der Waals surface area contributed by atoms with E-state index in [0.29, 0.717) is 42.4 Å². The number of pyridine rings is 1. The van der Waals surface area contributed by atoms with Crippen LogP contribution in [0.2, 0.25) is 0 Å². The van der Waals surface area contributed by atoms with Gasteiger partial charge in [-0.1, -0.05) is 0 Å². The lowest BCUT2D eigenvalue weighted by atomic mass is 10.2. The number of aromatic nitrogens is 5. The van der Waals surface area contributed by atoms with Gasteiger partial charge in [0, 0.05) is 38.1 Å². The van der Waals surface area contributed by atoms with Crippen LogP contribution >= 0.6 is 0 Å². The Labute approximate surface area is 172 Å². The van der Waals surface area contributed by atoms with Crippen LogP contribution in [-0.4, -0.2) is 62.6 Å². The maximum absolute atomic E-state index is 13.0. The first-order valence-electron chi connectivity index (χ1n) is 9.43. The summed E-state index contributed by atoms with van der Waals surface area (Å²) in [5.74, 6) is 0.363. The highest BCUT2D eigenvalue weighted by Gasteiger charge is 2.27. The van der Waals surface area contributed by atoms with E-state index in [2.05, 4.69) is 20.3 Å². The van der Waals surface area contributed by atoms with Crippen LogP contribution in [0.5, 0.6) is 5.88 Å². The number of carbonyl (C=O) groups is 1. The second-order valence-corrected chi connectivity index (χ2v) is 6.93. The number of nitrogens with zero attached hydrogens (tertiary/aromatic N) is 6. The molecule has 1 aliphatic rings. The molecule has 1 amide bonds. The summed E-state index contributed by atoms with van der Waals surface area (Å²) in [5, 5.41) is 2.99. The van der Waals surface area contributed by atoms with Crippen LogP contribution in [0, 0.1) is 0 Å². The maximum atomic E-state index is 13.0. The maximum Gasteiger partial charge on any atom is 0.257 e. The van der Waals surface area contributed by atoms with Gasteiger partial charge in [-0.3, -0.25) is 14.2 Å². The average molecular weight is 407 g/mol. The molecular weight excluding hydrogens is 386 g/mol. The summed E-state index contributed by atoms with van der Waals surface area (Å²) >= 11 is 0. The molecule has 1 atom stereocenters. The Hall–Kier alpha value is -3.66. The highest BCUT2D eigenvalue weighted by molar-refractivity contribution is 5.96. The van der Waals surface area contributed by atoms with Crippen molar-refractivity contribution in [2.24, 2.45) is 0 Å². The Balaban J connectivity index is 1.74. The predicted octanol–water partition coefficient (Wildman–Crippen LogP) is 0.520. The first-order chi connectivity index (χ1) is 14.6. The van der Waals surface area contributed by atoms with Crippen LogP contribution in [0.3, 0.4) is 0 Å². The molecule has 0 saturated carbocycles. The number of nitrogens with one attached hydrogen (secondary N) is 1. The van der Waals surface area contributed by atoms with E-state index in [9.17, 15) is 9.59 Å². The van der Waals surface area contributed by atoms with Crippen molar-refractivity contribution < 1.29 is 9.53 Å². The molecule has 3 aromatic rings. The molecule has 0 fully saturated rings. The van der Waals surface area contributed by atoms with Crippen molar-refractivity contribution in [1.82, 2.24) is 34.7 Å². The van der Waals surface area contributed by atoms with Crippen molar-refractivity contribution in [3.63, 3.8) is 0 Å². The second kappa shape index (κ2) is 8.37. The van der Waals surface area contributed by atoms with Gasteiger partial charge < -0.3 is 15.0 Å². The standard InChI is InChI=1S/C20H21N7O3/c1-26-8-9-27-17(28)10-15(14-5-7-21-12-23-14)24-18(27)16(11-26)25-19(29)13-4-3-6-22-20(13)30-2/h3-7,10,12,16H,8-9,11H2,1-2H3,(H,25,29). The molecular formula is C20H21N7O3. The summed E-state index contributed by atoms with van der Waals surface area (Å²) in [5.41, 5.74) is 1.10. The van der Waals surface area contributed by atoms with Crippen molar-refractivity contribution in [2.75, 3.05) is 27.2 Å². The first-order valence-corrected chi connectivity index (χ1v) is 9.43. The zero-order valence-electron chi connectivity index (χ0n) is 16.6. The Morgan fingerprint density at radius 1 is 1.20 bits per heavy atom. The number of carbonyl (C=O) groups excluding carboxylic acids is 1. The number of hydrogen-bond donors (Lipinski definition) is 1. The van der Waals surface area contributed by atoms with Crippen LogP contribution in [-0.2, 0) is 6.54 Å². The molecule has 1 N–H and O–H groups in total. The van der Waals surface area contributed by atoms with E-state index < -0.39 is 6.04 Å². The zero-order valence-corrected chi connectivity index (χ0v) is 16.6. The molecule has 10 heteroatoms. The molecule has 0 aromatic carbocycles. The third-order valence-corrected chi connectivity index (χ3v) is 4.91. The Morgan fingerprint density at radius 3 is 2.83 bits per heavy atom. The summed E-state index contributed by atoms with van der Waals surface area (Å²) in [4.78, 5) is 44.7. The molecule has 3 aromatic heterocycles. The van der Waals surface area contributed by atoms with Gasteiger partial charge in [0.2, 0.25) is 5.88 Å². The number of fused-ring (bicyclic) bond motifs is 1. The summed E-state index contributed by atoms with van der Waals surface area (Å²) in [7, 11) is 3.40. The van der Waals surface area contributed by atoms with Crippen LogP contribution in [0.1, 0.15) is 22.2 Å². The van der Waals surface area contributed by atoms with E-state index in [4.69, 9.17) is 9.72 Å². The van der Waals surface area contributed by atoms with E-state index in [0.717, 1.165) is 0 Å². The van der Waals surface area contributed by atoms with Gasteiger partial charge in [-0.25, -0.2) is 19.9 Å². The Morgan fingerprint density at radius 2 is 2.07 bits per heavy atom. The quantitative estimate of drug-likeness (QED) is 0.666. The minimum Gasteiger partial charge on any atom is -0.480 e. The van der Waals surface area contributed by atoms with Crippen LogP contribution < -0.4 is 15.6 Å². The molecule has 0 saturated heterocycles. The van der Waals surface area contributed by atoms with Crippen LogP contribution in [0.15, 0.2) is 47.8 Å². The van der Waals surface area contributed by atoms with Crippen LogP contribution in [0.25, 0.3) is 11.4 Å². The number of likely N-dealkylation sites (N-methyl/N-ethyl adjacent to an activating group) is 1. The molecule has 0 radical (unpaired) electrons. The van der Waals surface area contributed by atoms with Gasteiger partial charge >= 0.3 is 0 Å². The van der Waals surface area contributed by atoms with Crippen molar-refractivity contribution in [2.45, 2.75) is 12.6 Å². The molecule has 154 valence electrons. The monoisotopic (exact) mass is 407 g/mol. The van der Waals surface area contributed by atoms with E-state index in [1.54, 1.807) is 35.2 Å². The summed E-state index contributed by atoms with van der Waals surface area (Å²) in [6.45, 7) is 1.63. The first kappa shape index (κ1) is 19.6. The van der Waals surface area contributed by atoms with Crippen molar-refractivity contribution in [3.05, 3.63) is 64.7 Å². The smallest absolute Gasteiger partial charge is 0.257 e. The van der Waals surface area contributed by atoms with Crippen molar-refractivity contribution in [3.8, 4) is 17.3 Å². The molecule has 4 heterocycles. The zero-order chi connectivity index (χ0) is 21.1. The summed E-state index contributed by atoms with van der Waals surface area (Å²) in [6, 6.07) is 5.94. The van der Waals surface area contributed by atoms with Gasteiger partial charge in [-0.2, -0.15) is 0 Å².